The van der Waals surface area contributed by atoms with E-state index in [4.69, 9.17) is 0 Å². The fourth-order valence-electron chi connectivity index (χ4n) is 2.83. The highest BCUT2D eigenvalue weighted by Crippen LogP contribution is 2.32. The van der Waals surface area contributed by atoms with Crippen LogP contribution in [0.4, 0.5) is 17.6 Å². The molecule has 0 radical (unpaired) electrons. The van der Waals surface area contributed by atoms with Crippen molar-refractivity contribution in [1.82, 2.24) is 35.1 Å². The first-order chi connectivity index (χ1) is 14.8. The van der Waals surface area contributed by atoms with E-state index in [1.165, 1.54) is 17.3 Å². The number of rotatable bonds is 5. The fraction of sp³-hybridized carbons (Fsp3) is 0.105. The molecule has 31 heavy (non-hydrogen) atoms. The molecule has 0 aliphatic heterocycles. The minimum Gasteiger partial charge on any atom is -0.346 e. The molecule has 0 spiro atoms. The molecule has 158 valence electrons. The van der Waals surface area contributed by atoms with Crippen LogP contribution in [0.25, 0.3) is 11.4 Å². The third-order valence-corrected chi connectivity index (χ3v) is 4.30. The monoisotopic (exact) mass is 431 g/mol. The molecule has 0 atom stereocenters. The predicted octanol–water partition coefficient (Wildman–Crippen LogP) is 2.94. The molecule has 0 bridgehead atoms. The topological polar surface area (TPSA) is 90.5 Å². The maximum absolute atomic E-state index is 13.6. The molecule has 1 N–H and O–H groups in total. The van der Waals surface area contributed by atoms with Crippen molar-refractivity contribution in [3.8, 4) is 11.4 Å². The minimum atomic E-state index is -4.91. The summed E-state index contributed by atoms with van der Waals surface area (Å²) in [6.45, 7) is -0.0306. The average Bonchev–Trinajstić information content (AvgIpc) is 3.43. The molecule has 0 fully saturated rings. The quantitative estimate of drug-likeness (QED) is 0.491. The van der Waals surface area contributed by atoms with E-state index in [1.54, 1.807) is 24.3 Å². The van der Waals surface area contributed by atoms with Gasteiger partial charge in [-0.25, -0.2) is 18.7 Å². The van der Waals surface area contributed by atoms with Gasteiger partial charge in [0.15, 0.2) is 11.4 Å². The van der Waals surface area contributed by atoms with Crippen LogP contribution in [0, 0.1) is 5.82 Å². The van der Waals surface area contributed by atoms with Crippen molar-refractivity contribution in [2.45, 2.75) is 12.7 Å². The normalized spacial score (nSPS) is 11.5. The Morgan fingerprint density at radius 3 is 2.29 bits per heavy atom. The summed E-state index contributed by atoms with van der Waals surface area (Å²) in [5.74, 6) is -1.66. The summed E-state index contributed by atoms with van der Waals surface area (Å²) in [6.07, 6.45) is -2.02. The highest BCUT2D eigenvalue weighted by atomic mass is 19.4. The van der Waals surface area contributed by atoms with Crippen molar-refractivity contribution in [2.24, 2.45) is 0 Å². The van der Waals surface area contributed by atoms with Crippen LogP contribution in [0.15, 0.2) is 61.2 Å². The second-order valence-corrected chi connectivity index (χ2v) is 6.36. The zero-order valence-corrected chi connectivity index (χ0v) is 15.6. The summed E-state index contributed by atoms with van der Waals surface area (Å²) in [4.78, 5) is 16.3. The van der Waals surface area contributed by atoms with Crippen LogP contribution in [-0.2, 0) is 12.7 Å². The molecule has 0 unspecified atom stereocenters. The van der Waals surface area contributed by atoms with E-state index in [9.17, 15) is 22.4 Å². The Bertz CT molecular complexity index is 1180. The summed E-state index contributed by atoms with van der Waals surface area (Å²) in [6, 6.07) is 11.0. The van der Waals surface area contributed by atoms with Crippen molar-refractivity contribution in [3.05, 3.63) is 84.0 Å². The third kappa shape index (κ3) is 4.27. The summed E-state index contributed by atoms with van der Waals surface area (Å²) in [7, 11) is 0. The van der Waals surface area contributed by atoms with Gasteiger partial charge in [-0.3, -0.25) is 4.79 Å². The summed E-state index contributed by atoms with van der Waals surface area (Å²) in [5, 5.41) is 13.2. The highest BCUT2D eigenvalue weighted by Gasteiger charge is 2.42. The summed E-state index contributed by atoms with van der Waals surface area (Å²) >= 11 is 0. The van der Waals surface area contributed by atoms with E-state index in [-0.39, 0.29) is 12.2 Å². The Labute approximate surface area is 172 Å². The van der Waals surface area contributed by atoms with Crippen molar-refractivity contribution in [1.29, 1.82) is 0 Å². The molecule has 0 saturated heterocycles. The number of alkyl halides is 3. The maximum atomic E-state index is 13.6. The second kappa shape index (κ2) is 7.97. The van der Waals surface area contributed by atoms with Gasteiger partial charge in [0.05, 0.1) is 11.4 Å². The van der Waals surface area contributed by atoms with E-state index >= 15 is 0 Å². The molecule has 0 aliphatic carbocycles. The molecule has 4 aromatic rings. The molecule has 8 nitrogen and oxygen atoms in total. The number of hydrogen-bond donors (Lipinski definition) is 1. The number of halogens is 4. The fourth-order valence-corrected chi connectivity index (χ4v) is 2.83. The molecule has 4 rings (SSSR count). The lowest BCUT2D eigenvalue weighted by atomic mass is 10.2. The number of carbonyl (C=O) groups excluding carboxylic acids is 1. The van der Waals surface area contributed by atoms with Crippen molar-refractivity contribution in [2.75, 3.05) is 0 Å². The van der Waals surface area contributed by atoms with Gasteiger partial charge in [0.25, 0.3) is 5.91 Å². The van der Waals surface area contributed by atoms with Gasteiger partial charge in [-0.2, -0.15) is 18.3 Å². The molecule has 2 aromatic heterocycles. The average molecular weight is 431 g/mol. The molecule has 2 heterocycles. The van der Waals surface area contributed by atoms with E-state index in [2.05, 4.69) is 25.7 Å². The van der Waals surface area contributed by atoms with Gasteiger partial charge in [0.2, 0.25) is 0 Å². The van der Waals surface area contributed by atoms with Gasteiger partial charge in [-0.05, 0) is 42.0 Å². The molecule has 1 amide bonds. The number of amides is 1. The van der Waals surface area contributed by atoms with Crippen LogP contribution in [0.3, 0.4) is 0 Å². The Morgan fingerprint density at radius 2 is 1.68 bits per heavy atom. The van der Waals surface area contributed by atoms with Gasteiger partial charge in [-0.1, -0.05) is 17.3 Å². The first-order valence-electron chi connectivity index (χ1n) is 8.84. The number of aromatic nitrogens is 6. The number of nitrogens with zero attached hydrogens (tertiary/aromatic N) is 6. The lowest BCUT2D eigenvalue weighted by molar-refractivity contribution is -0.143. The van der Waals surface area contributed by atoms with E-state index in [0.29, 0.717) is 10.2 Å². The van der Waals surface area contributed by atoms with Crippen molar-refractivity contribution < 1.29 is 22.4 Å². The lowest BCUT2D eigenvalue weighted by Gasteiger charge is -2.11. The number of benzene rings is 2. The van der Waals surface area contributed by atoms with Crippen LogP contribution in [0.5, 0.6) is 0 Å². The number of nitrogens with one attached hydrogen (secondary N) is 1. The highest BCUT2D eigenvalue weighted by molar-refractivity contribution is 5.93. The van der Waals surface area contributed by atoms with Crippen molar-refractivity contribution >= 4 is 5.91 Å². The van der Waals surface area contributed by atoms with Gasteiger partial charge >= 0.3 is 6.18 Å². The molecular formula is C19H13F4N7O. The van der Waals surface area contributed by atoms with Crippen LogP contribution >= 0.6 is 0 Å². The molecule has 12 heteroatoms. The van der Waals surface area contributed by atoms with Crippen LogP contribution < -0.4 is 5.32 Å². The first kappa shape index (κ1) is 20.2. The molecule has 2 aromatic carbocycles. The zero-order valence-electron chi connectivity index (χ0n) is 15.6. The molecule has 0 saturated carbocycles. The molecular weight excluding hydrogens is 418 g/mol. The largest absolute Gasteiger partial charge is 0.435 e. The Balaban J connectivity index is 1.54. The zero-order chi connectivity index (χ0) is 22.0. The van der Waals surface area contributed by atoms with E-state index in [1.807, 2.05) is 0 Å². The minimum absolute atomic E-state index is 0.0306. The van der Waals surface area contributed by atoms with Crippen molar-refractivity contribution in [3.63, 3.8) is 0 Å². The van der Waals surface area contributed by atoms with Crippen LogP contribution in [0.2, 0.25) is 0 Å². The van der Waals surface area contributed by atoms with Crippen LogP contribution in [-0.4, -0.2) is 35.7 Å². The number of carbonyl (C=O) groups is 1. The summed E-state index contributed by atoms with van der Waals surface area (Å²) in [5.41, 5.74) is -0.927. The SMILES string of the molecule is O=C(NCc1ccc(-n2cncn2)cc1)c1nnn(-c2ccc(F)cc2)c1C(F)(F)F. The Morgan fingerprint density at radius 1 is 1.00 bits per heavy atom. The Hall–Kier alpha value is -4.09. The standard InChI is InChI=1S/C19H13F4N7O/c20-13-3-7-15(8-4-13)30-17(19(21,22)23)16(27-28-30)18(31)25-9-12-1-5-14(6-2-12)29-11-24-10-26-29/h1-8,10-11H,9H2,(H,25,31). The lowest BCUT2D eigenvalue weighted by Crippen LogP contribution is -2.27. The smallest absolute Gasteiger partial charge is 0.346 e. The van der Waals surface area contributed by atoms with Gasteiger partial charge in [0.1, 0.15) is 18.5 Å². The first-order valence-corrected chi connectivity index (χ1v) is 8.84. The number of hydrogen-bond acceptors (Lipinski definition) is 5. The van der Waals surface area contributed by atoms with Gasteiger partial charge < -0.3 is 5.32 Å². The predicted molar refractivity (Wildman–Crippen MR) is 98.8 cm³/mol. The second-order valence-electron chi connectivity index (χ2n) is 6.36. The summed E-state index contributed by atoms with van der Waals surface area (Å²) < 4.78 is 56.0. The maximum Gasteiger partial charge on any atom is 0.435 e. The Kier molecular flexibility index (Phi) is 5.19. The molecule has 0 aliphatic rings. The van der Waals surface area contributed by atoms with Gasteiger partial charge in [0, 0.05) is 6.54 Å². The van der Waals surface area contributed by atoms with E-state index < -0.39 is 29.3 Å². The van der Waals surface area contributed by atoms with E-state index in [0.717, 1.165) is 30.0 Å². The third-order valence-electron chi connectivity index (χ3n) is 4.30. The van der Waals surface area contributed by atoms with Gasteiger partial charge in [-0.15, -0.1) is 5.10 Å². The van der Waals surface area contributed by atoms with Crippen LogP contribution in [0.1, 0.15) is 21.7 Å².